The van der Waals surface area contributed by atoms with E-state index in [-0.39, 0.29) is 0 Å². The van der Waals surface area contributed by atoms with Gasteiger partial charge >= 0.3 is 5.97 Å². The summed E-state index contributed by atoms with van der Waals surface area (Å²) in [6.07, 6.45) is 1.90. The SMILES string of the molecule is CC1(C)N=C(c2ccn(CCNc3ccccc3)n2)SC1C(=O)O. The molecule has 0 bridgehead atoms. The molecule has 2 heterocycles. The molecule has 0 aliphatic carbocycles. The second-order valence-electron chi connectivity index (χ2n) is 6.16. The highest BCUT2D eigenvalue weighted by Gasteiger charge is 2.42. The molecule has 6 nitrogen and oxygen atoms in total. The maximum Gasteiger partial charge on any atom is 0.319 e. The lowest BCUT2D eigenvalue weighted by Gasteiger charge is -2.18. The van der Waals surface area contributed by atoms with E-state index >= 15 is 0 Å². The molecule has 3 rings (SSSR count). The number of carbonyl (C=O) groups is 1. The Kier molecular flexibility index (Phi) is 4.62. The summed E-state index contributed by atoms with van der Waals surface area (Å²) in [6.45, 7) is 5.16. The fraction of sp³-hybridized carbons (Fsp3) is 0.353. The molecule has 1 unspecified atom stereocenters. The number of aliphatic imine (C=N–C) groups is 1. The fourth-order valence-corrected chi connectivity index (χ4v) is 3.73. The molecule has 1 atom stereocenters. The molecular formula is C17H20N4O2S. The smallest absolute Gasteiger partial charge is 0.319 e. The third kappa shape index (κ3) is 3.62. The van der Waals surface area contributed by atoms with Gasteiger partial charge in [0, 0.05) is 18.4 Å². The van der Waals surface area contributed by atoms with Crippen molar-refractivity contribution >= 4 is 28.5 Å². The average molecular weight is 344 g/mol. The quantitative estimate of drug-likeness (QED) is 0.842. The lowest BCUT2D eigenvalue weighted by molar-refractivity contribution is -0.137. The minimum Gasteiger partial charge on any atom is -0.480 e. The van der Waals surface area contributed by atoms with Crippen molar-refractivity contribution in [2.24, 2.45) is 4.99 Å². The Morgan fingerprint density at radius 1 is 1.33 bits per heavy atom. The highest BCUT2D eigenvalue weighted by atomic mass is 32.2. The Morgan fingerprint density at radius 2 is 2.08 bits per heavy atom. The van der Waals surface area contributed by atoms with Crippen molar-refractivity contribution in [1.82, 2.24) is 9.78 Å². The van der Waals surface area contributed by atoms with Gasteiger partial charge in [-0.15, -0.1) is 0 Å². The Bertz CT molecular complexity index is 755. The number of anilines is 1. The second-order valence-corrected chi connectivity index (χ2v) is 7.26. The molecule has 2 N–H and O–H groups in total. The summed E-state index contributed by atoms with van der Waals surface area (Å²) in [7, 11) is 0. The van der Waals surface area contributed by atoms with Crippen LogP contribution >= 0.6 is 11.8 Å². The number of nitrogens with zero attached hydrogens (tertiary/aromatic N) is 3. The van der Waals surface area contributed by atoms with Gasteiger partial charge in [0.25, 0.3) is 0 Å². The monoisotopic (exact) mass is 344 g/mol. The van der Waals surface area contributed by atoms with Crippen LogP contribution in [0.25, 0.3) is 0 Å². The van der Waals surface area contributed by atoms with Crippen LogP contribution in [0.2, 0.25) is 0 Å². The number of aliphatic carboxylic acids is 1. The van der Waals surface area contributed by atoms with Crippen LogP contribution in [0.4, 0.5) is 5.69 Å². The third-order valence-corrected chi connectivity index (χ3v) is 5.33. The van der Waals surface area contributed by atoms with Gasteiger partial charge in [0.1, 0.15) is 16.0 Å². The van der Waals surface area contributed by atoms with Gasteiger partial charge in [0.2, 0.25) is 0 Å². The number of hydrogen-bond acceptors (Lipinski definition) is 5. The van der Waals surface area contributed by atoms with E-state index in [2.05, 4.69) is 15.4 Å². The first-order valence-electron chi connectivity index (χ1n) is 7.78. The van der Waals surface area contributed by atoms with Crippen molar-refractivity contribution in [2.75, 3.05) is 11.9 Å². The number of para-hydroxylation sites is 1. The summed E-state index contributed by atoms with van der Waals surface area (Å²) in [5.74, 6) is -0.838. The number of carboxylic acid groups (broad SMARTS) is 1. The molecule has 0 amide bonds. The molecule has 7 heteroatoms. The Labute approximate surface area is 145 Å². The van der Waals surface area contributed by atoms with E-state index in [1.807, 2.05) is 61.1 Å². The molecule has 0 saturated heterocycles. The van der Waals surface area contributed by atoms with E-state index in [1.165, 1.54) is 11.8 Å². The van der Waals surface area contributed by atoms with E-state index < -0.39 is 16.8 Å². The number of rotatable bonds is 6. The minimum absolute atomic E-state index is 0.572. The molecule has 0 fully saturated rings. The van der Waals surface area contributed by atoms with Gasteiger partial charge in [-0.3, -0.25) is 14.5 Å². The molecule has 1 aromatic heterocycles. The van der Waals surface area contributed by atoms with Crippen LogP contribution in [-0.4, -0.2) is 43.2 Å². The van der Waals surface area contributed by atoms with E-state index in [1.54, 1.807) is 0 Å². The van der Waals surface area contributed by atoms with E-state index in [0.717, 1.165) is 24.5 Å². The molecule has 1 aliphatic rings. The Morgan fingerprint density at radius 3 is 2.75 bits per heavy atom. The van der Waals surface area contributed by atoms with Crippen molar-refractivity contribution in [1.29, 1.82) is 0 Å². The van der Waals surface area contributed by atoms with Crippen LogP contribution in [0.5, 0.6) is 0 Å². The number of thioether (sulfide) groups is 1. The molecule has 0 saturated carbocycles. The minimum atomic E-state index is -0.838. The molecule has 1 aliphatic heterocycles. The first kappa shape index (κ1) is 16.6. The normalized spacial score (nSPS) is 19.1. The molecular weight excluding hydrogens is 324 g/mol. The maximum atomic E-state index is 11.3. The topological polar surface area (TPSA) is 79.5 Å². The summed E-state index contributed by atoms with van der Waals surface area (Å²) in [5.41, 5.74) is 1.19. The maximum absolute atomic E-state index is 11.3. The van der Waals surface area contributed by atoms with Crippen molar-refractivity contribution in [3.63, 3.8) is 0 Å². The van der Waals surface area contributed by atoms with Crippen molar-refractivity contribution in [3.8, 4) is 0 Å². The van der Waals surface area contributed by atoms with Crippen LogP contribution in [-0.2, 0) is 11.3 Å². The van der Waals surface area contributed by atoms with E-state index in [4.69, 9.17) is 0 Å². The van der Waals surface area contributed by atoms with Crippen molar-refractivity contribution in [3.05, 3.63) is 48.3 Å². The average Bonchev–Trinajstić information content (AvgIpc) is 3.12. The molecule has 2 aromatic rings. The molecule has 24 heavy (non-hydrogen) atoms. The Balaban J connectivity index is 1.61. The fourth-order valence-electron chi connectivity index (χ4n) is 2.54. The number of aromatic nitrogens is 2. The molecule has 0 spiro atoms. The Hall–Kier alpha value is -2.28. The van der Waals surface area contributed by atoms with Gasteiger partial charge in [-0.05, 0) is 32.0 Å². The largest absolute Gasteiger partial charge is 0.480 e. The van der Waals surface area contributed by atoms with Gasteiger partial charge in [-0.2, -0.15) is 5.10 Å². The van der Waals surface area contributed by atoms with Gasteiger partial charge in [-0.25, -0.2) is 0 Å². The van der Waals surface area contributed by atoms with Crippen LogP contribution in [0.15, 0.2) is 47.6 Å². The zero-order valence-corrected chi connectivity index (χ0v) is 14.5. The summed E-state index contributed by atoms with van der Waals surface area (Å²) in [5, 5.41) is 17.3. The van der Waals surface area contributed by atoms with E-state index in [9.17, 15) is 9.90 Å². The molecule has 0 radical (unpaired) electrons. The van der Waals surface area contributed by atoms with Gasteiger partial charge in [0.15, 0.2) is 0 Å². The summed E-state index contributed by atoms with van der Waals surface area (Å²) in [4.78, 5) is 15.9. The summed E-state index contributed by atoms with van der Waals surface area (Å²) in [6, 6.07) is 11.9. The van der Waals surface area contributed by atoms with Crippen molar-refractivity contribution in [2.45, 2.75) is 31.2 Å². The zero-order valence-electron chi connectivity index (χ0n) is 13.6. The first-order chi connectivity index (χ1) is 11.5. The highest BCUT2D eigenvalue weighted by molar-refractivity contribution is 8.15. The second kappa shape index (κ2) is 6.68. The highest BCUT2D eigenvalue weighted by Crippen LogP contribution is 2.37. The lowest BCUT2D eigenvalue weighted by Crippen LogP contribution is -2.34. The zero-order chi connectivity index (χ0) is 17.2. The van der Waals surface area contributed by atoms with Crippen LogP contribution < -0.4 is 5.32 Å². The number of hydrogen-bond donors (Lipinski definition) is 2. The summed E-state index contributed by atoms with van der Waals surface area (Å²) < 4.78 is 1.84. The number of carboxylic acids is 1. The number of benzene rings is 1. The predicted octanol–water partition coefficient (Wildman–Crippen LogP) is 2.72. The van der Waals surface area contributed by atoms with Gasteiger partial charge in [-0.1, -0.05) is 30.0 Å². The van der Waals surface area contributed by atoms with E-state index in [0.29, 0.717) is 5.04 Å². The van der Waals surface area contributed by atoms with Gasteiger partial charge in [0.05, 0.1) is 12.1 Å². The van der Waals surface area contributed by atoms with Gasteiger partial charge < -0.3 is 10.4 Å². The predicted molar refractivity (Wildman–Crippen MR) is 96.8 cm³/mol. The van der Waals surface area contributed by atoms with Crippen LogP contribution in [0, 0.1) is 0 Å². The standard InChI is InChI=1S/C17H20N4O2S/c1-17(2)14(16(22)23)24-15(19-17)13-8-10-21(20-13)11-9-18-12-6-4-3-5-7-12/h3-8,10,14,18H,9,11H2,1-2H3,(H,22,23). The third-order valence-electron chi connectivity index (χ3n) is 3.79. The lowest BCUT2D eigenvalue weighted by atomic mass is 10.0. The first-order valence-corrected chi connectivity index (χ1v) is 8.66. The van der Waals surface area contributed by atoms with Crippen LogP contribution in [0.3, 0.4) is 0 Å². The summed E-state index contributed by atoms with van der Waals surface area (Å²) >= 11 is 1.27. The molecule has 1 aromatic carbocycles. The number of nitrogens with one attached hydrogen (secondary N) is 1. The molecule has 126 valence electrons. The van der Waals surface area contributed by atoms with Crippen LogP contribution in [0.1, 0.15) is 19.5 Å². The van der Waals surface area contributed by atoms with Crippen molar-refractivity contribution < 1.29 is 9.90 Å².